The summed E-state index contributed by atoms with van der Waals surface area (Å²) in [5, 5.41) is 0. The van der Waals surface area contributed by atoms with Crippen molar-refractivity contribution in [3.63, 3.8) is 0 Å². The van der Waals surface area contributed by atoms with Crippen LogP contribution in [0.1, 0.15) is 0 Å². The first-order valence-electron chi connectivity index (χ1n) is 0. The van der Waals surface area contributed by atoms with Crippen molar-refractivity contribution in [3.05, 3.63) is 0 Å². The molecule has 0 N–H and O–H groups in total. The Labute approximate surface area is 128 Å². The van der Waals surface area contributed by atoms with E-state index in [0.717, 1.165) is 0 Å². The second kappa shape index (κ2) is 82.9. The standard InChI is InChI=1S/Ce.La.5O.Zr/q2*+3;5*-2;+4. The zero-order valence-electron chi connectivity index (χ0n) is 3.62. The van der Waals surface area contributed by atoms with Crippen molar-refractivity contribution in [3.8, 4) is 0 Å². The second-order valence-corrected chi connectivity index (χ2v) is 0. The zero-order valence-corrected chi connectivity index (χ0v) is 12.8. The van der Waals surface area contributed by atoms with Gasteiger partial charge in [0.2, 0.25) is 0 Å². The third-order valence-corrected chi connectivity index (χ3v) is 0. The molecule has 0 atom stereocenters. The Morgan fingerprint density at radius 3 is 0.500 bits per heavy atom. The minimum absolute atomic E-state index is 0. The van der Waals surface area contributed by atoms with Crippen LogP contribution in [-0.2, 0) is 53.6 Å². The molecule has 5 nitrogen and oxygen atoms in total. The molecule has 0 saturated heterocycles. The van der Waals surface area contributed by atoms with Gasteiger partial charge in [-0.3, -0.25) is 0 Å². The molecule has 0 aliphatic carbocycles. The molecule has 0 aromatic heterocycles. The predicted molar refractivity (Wildman–Crippen MR) is 3.43 cm³/mol. The smallest absolute Gasteiger partial charge is 2.00 e. The topological polar surface area (TPSA) is 142 Å². The van der Waals surface area contributed by atoms with E-state index in [1.165, 1.54) is 0 Å². The van der Waals surface area contributed by atoms with Gasteiger partial charge in [0.25, 0.3) is 0 Å². The fourth-order valence-corrected chi connectivity index (χ4v) is 0. The van der Waals surface area contributed by atoms with Gasteiger partial charge in [-0.15, -0.1) is 0 Å². The Bertz CT molecular complexity index is 12.4. The van der Waals surface area contributed by atoms with Gasteiger partial charge in [0.15, 0.2) is 0 Å². The van der Waals surface area contributed by atoms with Gasteiger partial charge >= 0.3 is 104 Å². The summed E-state index contributed by atoms with van der Waals surface area (Å²) in [5.74, 6) is 0. The fourth-order valence-electron chi connectivity index (χ4n) is 0. The molecule has 0 spiro atoms. The quantitative estimate of drug-likeness (QED) is 0.465. The molecule has 41 valence electrons. The van der Waals surface area contributed by atoms with Crippen LogP contribution in [0.2, 0.25) is 0 Å². The summed E-state index contributed by atoms with van der Waals surface area (Å²) in [7, 11) is 0. The van der Waals surface area contributed by atoms with Crippen molar-refractivity contribution in [2.24, 2.45) is 0 Å². The molecule has 8 heteroatoms. The first-order valence-corrected chi connectivity index (χ1v) is 0. The van der Waals surface area contributed by atoms with E-state index in [0.29, 0.717) is 0 Å². The van der Waals surface area contributed by atoms with E-state index >= 15 is 0 Å². The van der Waals surface area contributed by atoms with Crippen molar-refractivity contribution in [2.45, 2.75) is 0 Å². The Hall–Kier alpha value is 3.25. The van der Waals surface area contributed by atoms with Crippen molar-refractivity contribution < 1.29 is 131 Å². The molecule has 0 unspecified atom stereocenters. The first kappa shape index (κ1) is 112. The molecule has 0 amide bonds. The van der Waals surface area contributed by atoms with E-state index in [4.69, 9.17) is 0 Å². The van der Waals surface area contributed by atoms with Gasteiger partial charge in [-0.05, 0) is 0 Å². The van der Waals surface area contributed by atoms with E-state index in [-0.39, 0.29) is 131 Å². The summed E-state index contributed by atoms with van der Waals surface area (Å²) in [6.07, 6.45) is 0. The first-order chi connectivity index (χ1) is 0. The number of hydrogen-bond donors (Lipinski definition) is 0. The number of rotatable bonds is 0. The molecule has 0 bridgehead atoms. The van der Waals surface area contributed by atoms with E-state index < -0.39 is 0 Å². The molecular weight excluding hydrogens is 450 g/mol. The summed E-state index contributed by atoms with van der Waals surface area (Å²) >= 11 is 0. The molecule has 0 aromatic carbocycles. The molecule has 0 heterocycles. The van der Waals surface area contributed by atoms with Crippen molar-refractivity contribution >= 4 is 0 Å². The predicted octanol–water partition coefficient (Wildman–Crippen LogP) is -0.596. The van der Waals surface area contributed by atoms with Gasteiger partial charge in [-0.1, -0.05) is 0 Å². The van der Waals surface area contributed by atoms with Crippen molar-refractivity contribution in [2.75, 3.05) is 0 Å². The number of hydrogen-bond acceptors (Lipinski definition) is 0. The summed E-state index contributed by atoms with van der Waals surface area (Å²) in [4.78, 5) is 0. The summed E-state index contributed by atoms with van der Waals surface area (Å²) in [6, 6.07) is 0. The van der Waals surface area contributed by atoms with E-state index in [1.54, 1.807) is 0 Å². The molecule has 8 heavy (non-hydrogen) atoms. The van der Waals surface area contributed by atoms with Crippen LogP contribution in [0.3, 0.4) is 0 Å². The maximum Gasteiger partial charge on any atom is 4.00 e. The Kier molecular flexibility index (Phi) is 1160. The van der Waals surface area contributed by atoms with Crippen LogP contribution in [0.4, 0.5) is 0 Å². The van der Waals surface area contributed by atoms with Gasteiger partial charge in [0, 0.05) is 0 Å². The summed E-state index contributed by atoms with van der Waals surface area (Å²) in [5.41, 5.74) is 0. The van der Waals surface area contributed by atoms with Crippen LogP contribution in [-0.4, -0.2) is 0 Å². The molecular formula is CeLaO5Zr. The van der Waals surface area contributed by atoms with Gasteiger partial charge < -0.3 is 27.4 Å². The SMILES string of the molecule is [Ce+3].[La+3].[O-2].[O-2].[O-2].[O-2].[O-2].[Zr+4]. The van der Waals surface area contributed by atoms with Crippen molar-refractivity contribution in [1.82, 2.24) is 0 Å². The van der Waals surface area contributed by atoms with Gasteiger partial charge in [-0.25, -0.2) is 0 Å². The minimum Gasteiger partial charge on any atom is -2.00 e. The zero-order chi connectivity index (χ0) is 0. The Balaban J connectivity index is 0. The largest absolute Gasteiger partial charge is 4.00 e. The third-order valence-electron chi connectivity index (χ3n) is 0. The minimum atomic E-state index is 0. The third kappa shape index (κ3) is 59.5. The Morgan fingerprint density at radius 2 is 0.500 bits per heavy atom. The van der Waals surface area contributed by atoms with Gasteiger partial charge in [0.05, 0.1) is 0 Å². The second-order valence-electron chi connectivity index (χ2n) is 0. The maximum atomic E-state index is 0. The van der Waals surface area contributed by atoms with Crippen LogP contribution >= 0.6 is 0 Å². The molecule has 0 saturated carbocycles. The maximum absolute atomic E-state index is 0. The average Bonchev–Trinajstić information content (AvgIpc) is 0. The van der Waals surface area contributed by atoms with Crippen LogP contribution in [0, 0.1) is 77.3 Å². The normalized spacial score (nSPS) is 0. The average molecular weight is 450 g/mol. The molecule has 0 aromatic rings. The summed E-state index contributed by atoms with van der Waals surface area (Å²) < 4.78 is 0. The molecule has 0 aliphatic heterocycles. The van der Waals surface area contributed by atoms with E-state index in [2.05, 4.69) is 0 Å². The van der Waals surface area contributed by atoms with E-state index in [1.807, 2.05) is 0 Å². The van der Waals surface area contributed by atoms with E-state index in [9.17, 15) is 0 Å². The van der Waals surface area contributed by atoms with Gasteiger partial charge in [0.1, 0.15) is 0 Å². The van der Waals surface area contributed by atoms with Crippen LogP contribution < -0.4 is 0 Å². The van der Waals surface area contributed by atoms with Crippen molar-refractivity contribution in [1.29, 1.82) is 0 Å². The van der Waals surface area contributed by atoms with Crippen LogP contribution in [0.5, 0.6) is 0 Å². The van der Waals surface area contributed by atoms with Crippen LogP contribution in [0.25, 0.3) is 0 Å². The molecule has 0 fully saturated rings. The molecule has 0 aliphatic rings. The Morgan fingerprint density at radius 1 is 0.500 bits per heavy atom. The fraction of sp³-hybridized carbons (Fsp3) is 0. The monoisotopic (exact) mass is 449 g/mol. The molecule has 0 rings (SSSR count). The summed E-state index contributed by atoms with van der Waals surface area (Å²) in [6.45, 7) is 0. The van der Waals surface area contributed by atoms with Gasteiger partial charge in [-0.2, -0.15) is 0 Å². The van der Waals surface area contributed by atoms with Crippen LogP contribution in [0.15, 0.2) is 0 Å². The molecule has 1 radical (unpaired) electrons.